The molecule has 2 aromatic rings. The van der Waals surface area contributed by atoms with E-state index in [-0.39, 0.29) is 12.0 Å². The second-order valence-corrected chi connectivity index (χ2v) is 5.77. The molecule has 3 rings (SSSR count). The number of hydrogen-bond donors (Lipinski definition) is 2. The number of benzene rings is 1. The van der Waals surface area contributed by atoms with Gasteiger partial charge in [-0.3, -0.25) is 4.79 Å². The normalized spacial score (nSPS) is 19.1. The number of carbonyl (C=O) groups is 1. The van der Waals surface area contributed by atoms with E-state index in [4.69, 9.17) is 15.2 Å². The molecule has 20 heavy (non-hydrogen) atoms. The average molecular weight is 292 g/mol. The third-order valence-electron chi connectivity index (χ3n) is 3.14. The second kappa shape index (κ2) is 5.78. The highest BCUT2D eigenvalue weighted by molar-refractivity contribution is 7.20. The van der Waals surface area contributed by atoms with Gasteiger partial charge in [0.05, 0.1) is 30.8 Å². The van der Waals surface area contributed by atoms with Crippen LogP contribution >= 0.6 is 11.3 Å². The molecule has 1 saturated heterocycles. The van der Waals surface area contributed by atoms with Crippen LogP contribution in [0.3, 0.4) is 0 Å². The molecule has 0 radical (unpaired) electrons. The Morgan fingerprint density at radius 3 is 3.10 bits per heavy atom. The maximum atomic E-state index is 12.1. The predicted molar refractivity (Wildman–Crippen MR) is 79.1 cm³/mol. The topological polar surface area (TPSA) is 73.6 Å². The summed E-state index contributed by atoms with van der Waals surface area (Å²) in [6.07, 6.45) is -0.0577. The first-order valence-electron chi connectivity index (χ1n) is 6.49. The van der Waals surface area contributed by atoms with E-state index in [1.54, 1.807) is 0 Å². The van der Waals surface area contributed by atoms with Crippen LogP contribution in [0, 0.1) is 0 Å². The molecule has 3 N–H and O–H groups in total. The molecule has 6 heteroatoms. The van der Waals surface area contributed by atoms with Gasteiger partial charge < -0.3 is 20.5 Å². The van der Waals surface area contributed by atoms with E-state index in [0.29, 0.717) is 36.9 Å². The molecule has 0 bridgehead atoms. The van der Waals surface area contributed by atoms with Gasteiger partial charge in [0.15, 0.2) is 0 Å². The Morgan fingerprint density at radius 2 is 2.30 bits per heavy atom. The van der Waals surface area contributed by atoms with Gasteiger partial charge in [-0.05, 0) is 29.7 Å². The van der Waals surface area contributed by atoms with E-state index in [1.807, 2.05) is 24.3 Å². The third-order valence-corrected chi connectivity index (χ3v) is 4.25. The van der Waals surface area contributed by atoms with Crippen molar-refractivity contribution in [3.63, 3.8) is 0 Å². The molecule has 1 atom stereocenters. The summed E-state index contributed by atoms with van der Waals surface area (Å²) < 4.78 is 11.8. The molecule has 1 aromatic carbocycles. The van der Waals surface area contributed by atoms with Crippen molar-refractivity contribution in [3.8, 4) is 0 Å². The van der Waals surface area contributed by atoms with Crippen LogP contribution in [0.1, 0.15) is 9.67 Å². The minimum absolute atomic E-state index is 0.0577. The molecule has 1 unspecified atom stereocenters. The zero-order valence-corrected chi connectivity index (χ0v) is 11.7. The summed E-state index contributed by atoms with van der Waals surface area (Å²) in [5.74, 6) is -0.0843. The van der Waals surface area contributed by atoms with Crippen LogP contribution in [0.5, 0.6) is 0 Å². The Bertz CT molecular complexity index is 620. The van der Waals surface area contributed by atoms with Crippen LogP contribution in [0.4, 0.5) is 5.69 Å². The van der Waals surface area contributed by atoms with E-state index in [9.17, 15) is 4.79 Å². The van der Waals surface area contributed by atoms with Crippen molar-refractivity contribution in [2.24, 2.45) is 0 Å². The fourth-order valence-electron chi connectivity index (χ4n) is 2.12. The minimum Gasteiger partial charge on any atom is -0.399 e. The Kier molecular flexibility index (Phi) is 3.86. The van der Waals surface area contributed by atoms with Crippen LogP contribution in [-0.4, -0.2) is 38.4 Å². The van der Waals surface area contributed by atoms with Crippen LogP contribution in [-0.2, 0) is 9.47 Å². The second-order valence-electron chi connectivity index (χ2n) is 4.69. The fraction of sp³-hybridized carbons (Fsp3) is 0.357. The van der Waals surface area contributed by atoms with Crippen molar-refractivity contribution in [3.05, 3.63) is 29.1 Å². The van der Waals surface area contributed by atoms with Gasteiger partial charge in [-0.15, -0.1) is 11.3 Å². The van der Waals surface area contributed by atoms with Gasteiger partial charge in [0.2, 0.25) is 0 Å². The fourth-order valence-corrected chi connectivity index (χ4v) is 3.08. The maximum absolute atomic E-state index is 12.1. The van der Waals surface area contributed by atoms with Crippen molar-refractivity contribution in [2.75, 3.05) is 32.1 Å². The number of rotatable bonds is 3. The first kappa shape index (κ1) is 13.4. The lowest BCUT2D eigenvalue weighted by Crippen LogP contribution is -2.39. The molecule has 0 saturated carbocycles. The van der Waals surface area contributed by atoms with Crippen LogP contribution in [0.15, 0.2) is 24.3 Å². The Hall–Kier alpha value is -1.63. The van der Waals surface area contributed by atoms with E-state index >= 15 is 0 Å². The molecule has 1 fully saturated rings. The van der Waals surface area contributed by atoms with Crippen molar-refractivity contribution in [2.45, 2.75) is 6.10 Å². The number of nitrogen functional groups attached to an aromatic ring is 1. The molecule has 2 heterocycles. The summed E-state index contributed by atoms with van der Waals surface area (Å²) in [7, 11) is 0. The molecule has 0 spiro atoms. The van der Waals surface area contributed by atoms with Gasteiger partial charge in [-0.1, -0.05) is 0 Å². The summed E-state index contributed by atoms with van der Waals surface area (Å²) in [6.45, 7) is 2.21. The van der Waals surface area contributed by atoms with Gasteiger partial charge in [-0.2, -0.15) is 0 Å². The molecule has 106 valence electrons. The van der Waals surface area contributed by atoms with Gasteiger partial charge in [0.1, 0.15) is 0 Å². The van der Waals surface area contributed by atoms with E-state index in [0.717, 1.165) is 10.1 Å². The number of ether oxygens (including phenoxy) is 2. The lowest BCUT2D eigenvalue weighted by atomic mass is 10.2. The number of nitrogens with one attached hydrogen (secondary N) is 1. The Morgan fingerprint density at radius 1 is 1.40 bits per heavy atom. The first-order valence-corrected chi connectivity index (χ1v) is 7.30. The van der Waals surface area contributed by atoms with Crippen LogP contribution in [0.25, 0.3) is 10.1 Å². The number of carbonyl (C=O) groups excluding carboxylic acids is 1. The summed E-state index contributed by atoms with van der Waals surface area (Å²) in [4.78, 5) is 12.8. The highest BCUT2D eigenvalue weighted by Crippen LogP contribution is 2.27. The molecule has 1 aliphatic heterocycles. The number of amides is 1. The minimum atomic E-state index is -0.0843. The summed E-state index contributed by atoms with van der Waals surface area (Å²) in [5.41, 5.74) is 6.44. The zero-order chi connectivity index (χ0) is 13.9. The highest BCUT2D eigenvalue weighted by atomic mass is 32.1. The summed E-state index contributed by atoms with van der Waals surface area (Å²) in [5, 5.41) is 3.88. The van der Waals surface area contributed by atoms with Gasteiger partial charge >= 0.3 is 0 Å². The largest absolute Gasteiger partial charge is 0.399 e. The average Bonchev–Trinajstić information content (AvgIpc) is 2.89. The molecule has 5 nitrogen and oxygen atoms in total. The van der Waals surface area contributed by atoms with Crippen molar-refractivity contribution in [1.29, 1.82) is 0 Å². The number of nitrogens with two attached hydrogens (primary N) is 1. The SMILES string of the molecule is Nc1ccc2sc(C(=O)NCC3COCCO3)cc2c1. The lowest BCUT2D eigenvalue weighted by Gasteiger charge is -2.22. The van der Waals surface area contributed by atoms with Crippen molar-refractivity contribution >= 4 is 33.0 Å². The third kappa shape index (κ3) is 2.92. The molecule has 1 amide bonds. The van der Waals surface area contributed by atoms with Crippen molar-refractivity contribution in [1.82, 2.24) is 5.32 Å². The number of anilines is 1. The molecular weight excluding hydrogens is 276 g/mol. The Labute approximate surface area is 120 Å². The lowest BCUT2D eigenvalue weighted by molar-refractivity contribution is -0.0855. The first-order chi connectivity index (χ1) is 9.72. The quantitative estimate of drug-likeness (QED) is 0.843. The number of thiophene rings is 1. The van der Waals surface area contributed by atoms with E-state index in [1.165, 1.54) is 11.3 Å². The molecule has 1 aromatic heterocycles. The maximum Gasteiger partial charge on any atom is 0.261 e. The number of hydrogen-bond acceptors (Lipinski definition) is 5. The standard InChI is InChI=1S/C14H16N2O3S/c15-10-1-2-12-9(5-10)6-13(20-12)14(17)16-7-11-8-18-3-4-19-11/h1-2,5-6,11H,3-4,7-8,15H2,(H,16,17). The highest BCUT2D eigenvalue weighted by Gasteiger charge is 2.16. The van der Waals surface area contributed by atoms with E-state index < -0.39 is 0 Å². The van der Waals surface area contributed by atoms with Crippen LogP contribution < -0.4 is 11.1 Å². The number of fused-ring (bicyclic) bond motifs is 1. The summed E-state index contributed by atoms with van der Waals surface area (Å²) >= 11 is 1.46. The Balaban J connectivity index is 1.65. The molecule has 1 aliphatic rings. The molecular formula is C14H16N2O3S. The van der Waals surface area contributed by atoms with Gasteiger partial charge in [0, 0.05) is 16.9 Å². The smallest absolute Gasteiger partial charge is 0.261 e. The monoisotopic (exact) mass is 292 g/mol. The summed E-state index contributed by atoms with van der Waals surface area (Å²) in [6, 6.07) is 7.52. The van der Waals surface area contributed by atoms with Gasteiger partial charge in [0.25, 0.3) is 5.91 Å². The molecule has 0 aliphatic carbocycles. The zero-order valence-electron chi connectivity index (χ0n) is 10.9. The predicted octanol–water partition coefficient (Wildman–Crippen LogP) is 1.63. The van der Waals surface area contributed by atoms with Crippen molar-refractivity contribution < 1.29 is 14.3 Å². The van der Waals surface area contributed by atoms with Gasteiger partial charge in [-0.25, -0.2) is 0 Å². The van der Waals surface area contributed by atoms with Crippen LogP contribution in [0.2, 0.25) is 0 Å². The van der Waals surface area contributed by atoms with E-state index in [2.05, 4.69) is 5.32 Å².